The number of nitrogens with zero attached hydrogens (tertiary/aromatic N) is 4. The van der Waals surface area contributed by atoms with Crippen LogP contribution in [0.5, 0.6) is 0 Å². The second-order valence-electron chi connectivity index (χ2n) is 7.27. The molecule has 4 heteroatoms. The topological polar surface area (TPSA) is 32.3 Å². The molecule has 2 unspecified atom stereocenters. The van der Waals surface area contributed by atoms with Crippen LogP contribution in [-0.4, -0.2) is 16.1 Å². The molecule has 0 N–H and O–H groups in total. The van der Waals surface area contributed by atoms with Crippen molar-refractivity contribution in [1.29, 1.82) is 0 Å². The van der Waals surface area contributed by atoms with Crippen LogP contribution in [0, 0.1) is 11.8 Å². The average molecular weight is 358 g/mol. The molecule has 0 radical (unpaired) electrons. The van der Waals surface area contributed by atoms with Gasteiger partial charge in [-0.25, -0.2) is 9.97 Å². The molecule has 138 valence electrons. The van der Waals surface area contributed by atoms with Crippen LogP contribution in [0.15, 0.2) is 73.1 Å². The summed E-state index contributed by atoms with van der Waals surface area (Å²) < 4.78 is 0. The molecule has 1 aliphatic rings. The van der Waals surface area contributed by atoms with Gasteiger partial charge < -0.3 is 9.80 Å². The summed E-state index contributed by atoms with van der Waals surface area (Å²) in [6.45, 7) is 6.94. The van der Waals surface area contributed by atoms with E-state index in [-0.39, 0.29) is 6.17 Å². The van der Waals surface area contributed by atoms with Crippen LogP contribution in [0.25, 0.3) is 0 Å². The van der Waals surface area contributed by atoms with Crippen molar-refractivity contribution in [2.75, 3.05) is 9.80 Å². The van der Waals surface area contributed by atoms with Crippen LogP contribution >= 0.6 is 0 Å². The van der Waals surface area contributed by atoms with Crippen molar-refractivity contribution in [2.45, 2.75) is 33.4 Å². The summed E-state index contributed by atoms with van der Waals surface area (Å²) in [4.78, 5) is 14.2. The van der Waals surface area contributed by atoms with Crippen molar-refractivity contribution < 1.29 is 0 Å². The lowest BCUT2D eigenvalue weighted by Crippen LogP contribution is -2.45. The zero-order chi connectivity index (χ0) is 18.8. The number of hydrogen-bond acceptors (Lipinski definition) is 4. The third-order valence-corrected chi connectivity index (χ3v) is 5.73. The molecule has 1 aromatic heterocycles. The highest BCUT2D eigenvalue weighted by molar-refractivity contribution is 5.83. The van der Waals surface area contributed by atoms with E-state index in [9.17, 15) is 0 Å². The Balaban J connectivity index is 1.91. The van der Waals surface area contributed by atoms with Crippen molar-refractivity contribution >= 4 is 23.0 Å². The standard InChI is InChI=1S/C23H26N4/c1-4-17(2)18(3)23-26(19-11-7-5-8-12-19)21-22(25-16-15-24-21)27(23)20-13-9-6-10-14-20/h5-18,23H,4H2,1-3H3. The van der Waals surface area contributed by atoms with Crippen LogP contribution in [0.4, 0.5) is 23.0 Å². The van der Waals surface area contributed by atoms with E-state index in [4.69, 9.17) is 9.97 Å². The molecule has 3 aromatic rings. The maximum absolute atomic E-state index is 4.73. The molecule has 2 heterocycles. The maximum atomic E-state index is 4.73. The van der Waals surface area contributed by atoms with Gasteiger partial charge in [-0.2, -0.15) is 0 Å². The van der Waals surface area contributed by atoms with Crippen LogP contribution in [0.3, 0.4) is 0 Å². The normalized spacial score (nSPS) is 16.3. The number of aromatic nitrogens is 2. The first kappa shape index (κ1) is 17.5. The van der Waals surface area contributed by atoms with Gasteiger partial charge in [0.05, 0.1) is 0 Å². The Morgan fingerprint density at radius 3 is 1.63 bits per heavy atom. The zero-order valence-corrected chi connectivity index (χ0v) is 16.2. The van der Waals surface area contributed by atoms with E-state index in [1.54, 1.807) is 12.4 Å². The number of benzene rings is 2. The molecular formula is C23H26N4. The number of para-hydroxylation sites is 2. The van der Waals surface area contributed by atoms with Gasteiger partial charge in [-0.15, -0.1) is 0 Å². The molecule has 2 atom stereocenters. The van der Waals surface area contributed by atoms with E-state index >= 15 is 0 Å². The van der Waals surface area contributed by atoms with E-state index in [2.05, 4.69) is 91.2 Å². The minimum Gasteiger partial charge on any atom is -0.302 e. The van der Waals surface area contributed by atoms with Gasteiger partial charge in [0.1, 0.15) is 6.17 Å². The molecule has 0 saturated heterocycles. The summed E-state index contributed by atoms with van der Waals surface area (Å²) >= 11 is 0. The molecule has 1 aliphatic heterocycles. The summed E-state index contributed by atoms with van der Waals surface area (Å²) in [5.74, 6) is 2.84. The maximum Gasteiger partial charge on any atom is 0.178 e. The summed E-state index contributed by atoms with van der Waals surface area (Å²) in [7, 11) is 0. The van der Waals surface area contributed by atoms with Crippen LogP contribution < -0.4 is 9.80 Å². The first-order chi connectivity index (χ1) is 13.2. The Bertz CT molecular complexity index is 815. The minimum atomic E-state index is 0.127. The number of rotatable bonds is 5. The molecule has 2 aromatic carbocycles. The molecule has 0 aliphatic carbocycles. The Labute approximate surface area is 161 Å². The first-order valence-corrected chi connectivity index (χ1v) is 9.72. The predicted octanol–water partition coefficient (Wildman–Crippen LogP) is 5.77. The first-order valence-electron chi connectivity index (χ1n) is 9.72. The molecule has 0 bridgehead atoms. The highest BCUT2D eigenvalue weighted by atomic mass is 15.5. The Morgan fingerprint density at radius 2 is 1.22 bits per heavy atom. The average Bonchev–Trinajstić information content (AvgIpc) is 3.09. The van der Waals surface area contributed by atoms with Crippen molar-refractivity contribution in [2.24, 2.45) is 11.8 Å². The van der Waals surface area contributed by atoms with Gasteiger partial charge in [-0.05, 0) is 36.1 Å². The number of anilines is 4. The molecule has 0 amide bonds. The lowest BCUT2D eigenvalue weighted by Gasteiger charge is -2.38. The predicted molar refractivity (Wildman–Crippen MR) is 112 cm³/mol. The van der Waals surface area contributed by atoms with Crippen molar-refractivity contribution in [3.8, 4) is 0 Å². The molecule has 4 rings (SSSR count). The van der Waals surface area contributed by atoms with Gasteiger partial charge in [-0.3, -0.25) is 0 Å². The van der Waals surface area contributed by atoms with Gasteiger partial charge in [-0.1, -0.05) is 63.6 Å². The summed E-state index contributed by atoms with van der Waals surface area (Å²) in [6, 6.07) is 21.1. The van der Waals surface area contributed by atoms with Gasteiger partial charge >= 0.3 is 0 Å². The monoisotopic (exact) mass is 358 g/mol. The van der Waals surface area contributed by atoms with Crippen LogP contribution in [-0.2, 0) is 0 Å². The molecule has 27 heavy (non-hydrogen) atoms. The van der Waals surface area contributed by atoms with E-state index in [1.165, 1.54) is 0 Å². The van der Waals surface area contributed by atoms with Gasteiger partial charge in [0.15, 0.2) is 11.6 Å². The largest absolute Gasteiger partial charge is 0.302 e. The van der Waals surface area contributed by atoms with E-state index in [1.807, 2.05) is 0 Å². The Morgan fingerprint density at radius 1 is 0.778 bits per heavy atom. The van der Waals surface area contributed by atoms with Crippen LogP contribution in [0.2, 0.25) is 0 Å². The quantitative estimate of drug-likeness (QED) is 0.579. The molecule has 0 spiro atoms. The summed E-state index contributed by atoms with van der Waals surface area (Å²) in [6.07, 6.45) is 4.84. The number of fused-ring (bicyclic) bond motifs is 1. The van der Waals surface area contributed by atoms with Crippen molar-refractivity contribution in [3.63, 3.8) is 0 Å². The van der Waals surface area contributed by atoms with Crippen LogP contribution in [0.1, 0.15) is 27.2 Å². The second kappa shape index (κ2) is 7.39. The smallest absolute Gasteiger partial charge is 0.178 e. The summed E-state index contributed by atoms with van der Waals surface area (Å²) in [5.41, 5.74) is 2.30. The Hall–Kier alpha value is -2.88. The molecule has 0 fully saturated rings. The van der Waals surface area contributed by atoms with Gasteiger partial charge in [0.25, 0.3) is 0 Å². The molecular weight excluding hydrogens is 332 g/mol. The van der Waals surface area contributed by atoms with E-state index in [0.29, 0.717) is 11.8 Å². The second-order valence-corrected chi connectivity index (χ2v) is 7.27. The van der Waals surface area contributed by atoms with E-state index in [0.717, 1.165) is 29.4 Å². The Kier molecular flexibility index (Phi) is 4.80. The van der Waals surface area contributed by atoms with Gasteiger partial charge in [0, 0.05) is 23.8 Å². The minimum absolute atomic E-state index is 0.127. The van der Waals surface area contributed by atoms with Crippen molar-refractivity contribution in [1.82, 2.24) is 9.97 Å². The lowest BCUT2D eigenvalue weighted by atomic mass is 9.89. The zero-order valence-electron chi connectivity index (χ0n) is 16.2. The molecule has 0 saturated carbocycles. The fourth-order valence-corrected chi connectivity index (χ4v) is 3.89. The van der Waals surface area contributed by atoms with Gasteiger partial charge in [0.2, 0.25) is 0 Å². The highest BCUT2D eigenvalue weighted by Crippen LogP contribution is 2.48. The van der Waals surface area contributed by atoms with Crippen molar-refractivity contribution in [3.05, 3.63) is 73.1 Å². The fraction of sp³-hybridized carbons (Fsp3) is 0.304. The number of hydrogen-bond donors (Lipinski definition) is 0. The fourth-order valence-electron chi connectivity index (χ4n) is 3.89. The highest BCUT2D eigenvalue weighted by Gasteiger charge is 2.43. The molecule has 4 nitrogen and oxygen atoms in total. The van der Waals surface area contributed by atoms with E-state index < -0.39 is 0 Å². The third kappa shape index (κ3) is 3.05. The lowest BCUT2D eigenvalue weighted by molar-refractivity contribution is 0.322. The summed E-state index contributed by atoms with van der Waals surface area (Å²) in [5, 5.41) is 0. The SMILES string of the molecule is CCC(C)C(C)C1N(c2ccccc2)c2nccnc2N1c1ccccc1. The third-order valence-electron chi connectivity index (χ3n) is 5.73.